The molecular weight excluding hydrogens is 270 g/mol. The highest BCUT2D eigenvalue weighted by Gasteiger charge is 2.23. The molecule has 6 heteroatoms. The summed E-state index contributed by atoms with van der Waals surface area (Å²) >= 11 is 0. The fourth-order valence-electron chi connectivity index (χ4n) is 2.98. The summed E-state index contributed by atoms with van der Waals surface area (Å²) in [5.41, 5.74) is 2.01. The summed E-state index contributed by atoms with van der Waals surface area (Å²) < 4.78 is 0. The number of aryl methyl sites for hydroxylation is 1. The molecule has 1 heterocycles. The second-order valence-electron chi connectivity index (χ2n) is 5.81. The van der Waals surface area contributed by atoms with Crippen LogP contribution in [0.1, 0.15) is 48.9 Å². The Morgan fingerprint density at radius 3 is 2.81 bits per heavy atom. The van der Waals surface area contributed by atoms with Crippen molar-refractivity contribution in [1.82, 2.24) is 10.3 Å². The lowest BCUT2D eigenvalue weighted by Gasteiger charge is -2.22. The number of nitro groups is 1. The van der Waals surface area contributed by atoms with Crippen molar-refractivity contribution >= 4 is 5.69 Å². The number of hydrogen-bond acceptors (Lipinski definition) is 5. The first-order chi connectivity index (χ1) is 10.0. The van der Waals surface area contributed by atoms with E-state index in [2.05, 4.69) is 10.3 Å². The van der Waals surface area contributed by atoms with E-state index in [-0.39, 0.29) is 22.8 Å². The second kappa shape index (κ2) is 6.95. The smallest absolute Gasteiger partial charge is 0.278 e. The van der Waals surface area contributed by atoms with Gasteiger partial charge in [0.1, 0.15) is 0 Å². The zero-order chi connectivity index (χ0) is 15.4. The van der Waals surface area contributed by atoms with E-state index in [9.17, 15) is 15.2 Å². The molecule has 0 saturated heterocycles. The Labute approximate surface area is 124 Å². The predicted octanol–water partition coefficient (Wildman–Crippen LogP) is 2.39. The van der Waals surface area contributed by atoms with Crippen molar-refractivity contribution in [3.63, 3.8) is 0 Å². The van der Waals surface area contributed by atoms with Crippen molar-refractivity contribution in [3.8, 4) is 0 Å². The highest BCUT2D eigenvalue weighted by Crippen LogP contribution is 2.24. The fourth-order valence-corrected chi connectivity index (χ4v) is 2.98. The first-order valence-electron chi connectivity index (χ1n) is 7.51. The van der Waals surface area contributed by atoms with Gasteiger partial charge < -0.3 is 10.4 Å². The van der Waals surface area contributed by atoms with Crippen LogP contribution in [-0.2, 0) is 6.54 Å². The van der Waals surface area contributed by atoms with E-state index in [0.717, 1.165) is 32.1 Å². The maximum Gasteiger partial charge on any atom is 0.278 e. The third kappa shape index (κ3) is 3.77. The van der Waals surface area contributed by atoms with Crippen molar-refractivity contribution in [3.05, 3.63) is 33.1 Å². The molecular formula is C15H23N3O3. The summed E-state index contributed by atoms with van der Waals surface area (Å²) in [5, 5.41) is 24.5. The van der Waals surface area contributed by atoms with Crippen LogP contribution in [0.2, 0.25) is 0 Å². The van der Waals surface area contributed by atoms with Crippen molar-refractivity contribution in [2.24, 2.45) is 0 Å². The van der Waals surface area contributed by atoms with Crippen molar-refractivity contribution in [1.29, 1.82) is 0 Å². The molecule has 0 aliphatic heterocycles. The van der Waals surface area contributed by atoms with Gasteiger partial charge in [0.2, 0.25) is 0 Å². The lowest BCUT2D eigenvalue weighted by atomic mass is 10.1. The Balaban J connectivity index is 2.09. The number of aromatic nitrogens is 1. The van der Waals surface area contributed by atoms with Crippen LogP contribution in [0.15, 0.2) is 6.20 Å². The van der Waals surface area contributed by atoms with Gasteiger partial charge in [-0.1, -0.05) is 19.3 Å². The number of pyridine rings is 1. The van der Waals surface area contributed by atoms with E-state index in [0.29, 0.717) is 23.4 Å². The SMILES string of the molecule is Cc1cnc(CNC2CCCCCC2O)c(C)c1[N+](=O)[O-]. The quantitative estimate of drug-likeness (QED) is 0.505. The van der Waals surface area contributed by atoms with Gasteiger partial charge in [0.05, 0.1) is 16.7 Å². The summed E-state index contributed by atoms with van der Waals surface area (Å²) in [4.78, 5) is 15.1. The number of aliphatic hydroxyl groups is 1. The number of hydrogen-bond donors (Lipinski definition) is 2. The van der Waals surface area contributed by atoms with Crippen molar-refractivity contribution in [2.75, 3.05) is 0 Å². The molecule has 0 radical (unpaired) electrons. The van der Waals surface area contributed by atoms with Gasteiger partial charge in [-0.15, -0.1) is 0 Å². The fraction of sp³-hybridized carbons (Fsp3) is 0.667. The average Bonchev–Trinajstić information content (AvgIpc) is 2.62. The summed E-state index contributed by atoms with van der Waals surface area (Å²) in [6.45, 7) is 3.89. The summed E-state index contributed by atoms with van der Waals surface area (Å²) in [5.74, 6) is 0. The molecule has 2 atom stereocenters. The van der Waals surface area contributed by atoms with E-state index < -0.39 is 0 Å². The van der Waals surface area contributed by atoms with Crippen molar-refractivity contribution < 1.29 is 10.0 Å². The molecule has 0 amide bonds. The third-order valence-corrected chi connectivity index (χ3v) is 4.27. The molecule has 0 spiro atoms. The zero-order valence-electron chi connectivity index (χ0n) is 12.6. The van der Waals surface area contributed by atoms with Gasteiger partial charge >= 0.3 is 0 Å². The molecule has 1 fully saturated rings. The van der Waals surface area contributed by atoms with E-state index in [4.69, 9.17) is 0 Å². The Morgan fingerprint density at radius 2 is 2.10 bits per heavy atom. The molecule has 1 aliphatic rings. The van der Waals surface area contributed by atoms with Crippen LogP contribution in [-0.4, -0.2) is 27.2 Å². The van der Waals surface area contributed by atoms with Crippen LogP contribution < -0.4 is 5.32 Å². The monoisotopic (exact) mass is 293 g/mol. The average molecular weight is 293 g/mol. The molecule has 116 valence electrons. The molecule has 2 N–H and O–H groups in total. The lowest BCUT2D eigenvalue weighted by Crippen LogP contribution is -2.38. The number of nitrogens with one attached hydrogen (secondary N) is 1. The standard InChI is InChI=1S/C15H23N3O3/c1-10-8-16-13(11(2)15(10)18(20)21)9-17-12-6-4-3-5-7-14(12)19/h8,12,14,17,19H,3-7,9H2,1-2H3. The number of nitrogens with zero attached hydrogens (tertiary/aromatic N) is 2. The highest BCUT2D eigenvalue weighted by atomic mass is 16.6. The first-order valence-corrected chi connectivity index (χ1v) is 7.51. The molecule has 1 aromatic rings. The van der Waals surface area contributed by atoms with Gasteiger partial charge in [-0.05, 0) is 26.7 Å². The van der Waals surface area contributed by atoms with Crippen LogP contribution in [0.5, 0.6) is 0 Å². The van der Waals surface area contributed by atoms with Crippen LogP contribution in [0.4, 0.5) is 5.69 Å². The molecule has 0 aromatic carbocycles. The molecule has 1 saturated carbocycles. The minimum atomic E-state index is -0.351. The molecule has 21 heavy (non-hydrogen) atoms. The zero-order valence-corrected chi connectivity index (χ0v) is 12.6. The Morgan fingerprint density at radius 1 is 1.38 bits per heavy atom. The summed E-state index contributed by atoms with van der Waals surface area (Å²) in [7, 11) is 0. The minimum Gasteiger partial charge on any atom is -0.392 e. The molecule has 2 rings (SSSR count). The molecule has 1 aliphatic carbocycles. The largest absolute Gasteiger partial charge is 0.392 e. The van der Waals surface area contributed by atoms with Crippen LogP contribution in [0.25, 0.3) is 0 Å². The third-order valence-electron chi connectivity index (χ3n) is 4.27. The maximum absolute atomic E-state index is 11.1. The first kappa shape index (κ1) is 15.9. The van der Waals surface area contributed by atoms with Crippen LogP contribution in [0.3, 0.4) is 0 Å². The number of rotatable bonds is 4. The Bertz CT molecular complexity index is 519. The van der Waals surface area contributed by atoms with E-state index in [1.54, 1.807) is 20.0 Å². The minimum absolute atomic E-state index is 0.0501. The van der Waals surface area contributed by atoms with Gasteiger partial charge in [-0.3, -0.25) is 15.1 Å². The predicted molar refractivity (Wildman–Crippen MR) is 80.1 cm³/mol. The van der Waals surface area contributed by atoms with Crippen molar-refractivity contribution in [2.45, 2.75) is 64.6 Å². The second-order valence-corrected chi connectivity index (χ2v) is 5.81. The van der Waals surface area contributed by atoms with Gasteiger partial charge in [0.15, 0.2) is 0 Å². The summed E-state index contributed by atoms with van der Waals surface area (Å²) in [6, 6.07) is 0.0501. The van der Waals surface area contributed by atoms with Gasteiger partial charge in [-0.2, -0.15) is 0 Å². The molecule has 2 unspecified atom stereocenters. The van der Waals surface area contributed by atoms with Gasteiger partial charge in [-0.25, -0.2) is 0 Å². The molecule has 1 aromatic heterocycles. The molecule has 0 bridgehead atoms. The van der Waals surface area contributed by atoms with E-state index >= 15 is 0 Å². The van der Waals surface area contributed by atoms with Gasteiger partial charge in [0, 0.05) is 29.9 Å². The molecule has 6 nitrogen and oxygen atoms in total. The summed E-state index contributed by atoms with van der Waals surface area (Å²) in [6.07, 6.45) is 6.29. The Kier molecular flexibility index (Phi) is 5.25. The van der Waals surface area contributed by atoms with Crippen LogP contribution in [0, 0.1) is 24.0 Å². The topological polar surface area (TPSA) is 88.3 Å². The number of aliphatic hydroxyl groups excluding tert-OH is 1. The normalized spacial score (nSPS) is 22.8. The van der Waals surface area contributed by atoms with E-state index in [1.807, 2.05) is 0 Å². The highest BCUT2D eigenvalue weighted by molar-refractivity contribution is 5.47. The van der Waals surface area contributed by atoms with Crippen LogP contribution >= 0.6 is 0 Å². The Hall–Kier alpha value is -1.53. The van der Waals surface area contributed by atoms with E-state index in [1.165, 1.54) is 0 Å². The maximum atomic E-state index is 11.1. The van der Waals surface area contributed by atoms with Gasteiger partial charge in [0.25, 0.3) is 5.69 Å². The lowest BCUT2D eigenvalue weighted by molar-refractivity contribution is -0.386.